The summed E-state index contributed by atoms with van der Waals surface area (Å²) in [7, 11) is 0. The molecule has 0 fully saturated rings. The summed E-state index contributed by atoms with van der Waals surface area (Å²) in [5, 5.41) is 3.03. The van der Waals surface area contributed by atoms with Crippen molar-refractivity contribution in [3.05, 3.63) is 11.4 Å². The van der Waals surface area contributed by atoms with Crippen LogP contribution in [0.15, 0.2) is 11.4 Å². The van der Waals surface area contributed by atoms with Gasteiger partial charge in [-0.15, -0.1) is 0 Å². The van der Waals surface area contributed by atoms with Gasteiger partial charge in [-0.1, -0.05) is 0 Å². The largest absolute Gasteiger partial charge is 0.360 e. The van der Waals surface area contributed by atoms with Crippen molar-refractivity contribution in [1.29, 1.82) is 0 Å². The van der Waals surface area contributed by atoms with E-state index in [2.05, 4.69) is 19.2 Å². The normalized spacial score (nSPS) is 18.8. The maximum Gasteiger partial charge on any atom is 0.0310 e. The second kappa shape index (κ2) is 0.534. The van der Waals surface area contributed by atoms with Crippen molar-refractivity contribution in [2.24, 2.45) is 0 Å². The van der Waals surface area contributed by atoms with E-state index in [9.17, 15) is 0 Å². The van der Waals surface area contributed by atoms with Crippen LogP contribution in [0, 0.1) is 0 Å². The predicted molar refractivity (Wildman–Crippen MR) is 21.5 cm³/mol. The second-order valence-corrected chi connectivity index (χ2v) is 1.38. The van der Waals surface area contributed by atoms with E-state index in [1.54, 1.807) is 0 Å². The Balaban J connectivity index is 2.59. The molecule has 5 heavy (non-hydrogen) atoms. The quantitative estimate of drug-likeness (QED) is 0.447. The Bertz CT molecular complexity index is 71.6. The third-order valence-electron chi connectivity index (χ3n) is 0.875. The monoisotopic (exact) mass is 69.1 g/mol. The van der Waals surface area contributed by atoms with Crippen LogP contribution in [-0.2, 0) is 0 Å². The third kappa shape index (κ3) is 0.274. The summed E-state index contributed by atoms with van der Waals surface area (Å²) in [5.74, 6) is 0. The lowest BCUT2D eigenvalue weighted by Gasteiger charge is -1.57. The Hall–Kier alpha value is -0.460. The molecule has 0 amide bonds. The minimum atomic E-state index is 1.34. The Morgan fingerprint density at radius 3 is 1.40 bits per heavy atom. The molecule has 1 nitrogen and oxygen atoms in total. The van der Waals surface area contributed by atoms with Crippen LogP contribution >= 0.6 is 0 Å². The maximum absolute atomic E-state index is 3.03. The Morgan fingerprint density at radius 1 is 1.20 bits per heavy atom. The van der Waals surface area contributed by atoms with Crippen LogP contribution in [0.25, 0.3) is 0 Å². The molecule has 0 atom stereocenters. The number of rotatable bonds is 0. The van der Waals surface area contributed by atoms with Gasteiger partial charge in [0.2, 0.25) is 0 Å². The molecule has 1 heterocycles. The van der Waals surface area contributed by atoms with E-state index in [1.165, 1.54) is 11.4 Å². The van der Waals surface area contributed by atoms with Crippen LogP contribution in [0.4, 0.5) is 0 Å². The fourth-order valence-electron chi connectivity index (χ4n) is 0.250. The highest BCUT2D eigenvalue weighted by Crippen LogP contribution is 2.09. The van der Waals surface area contributed by atoms with Crippen molar-refractivity contribution in [2.75, 3.05) is 0 Å². The fourth-order valence-corrected chi connectivity index (χ4v) is 0.250. The minimum absolute atomic E-state index is 1.34. The predicted octanol–water partition coefficient (Wildman–Crippen LogP) is 0.841. The van der Waals surface area contributed by atoms with Crippen molar-refractivity contribution in [3.8, 4) is 0 Å². The van der Waals surface area contributed by atoms with Crippen LogP contribution in [0.1, 0.15) is 13.8 Å². The van der Waals surface area contributed by atoms with Crippen LogP contribution in [0.5, 0.6) is 0 Å². The number of nitrogens with one attached hydrogen (secondary N) is 1. The van der Waals surface area contributed by atoms with Crippen molar-refractivity contribution in [1.82, 2.24) is 5.32 Å². The SMILES string of the molecule is CC1=C(C)N1. The van der Waals surface area contributed by atoms with Gasteiger partial charge in [0.15, 0.2) is 0 Å². The van der Waals surface area contributed by atoms with Crippen molar-refractivity contribution in [3.63, 3.8) is 0 Å². The maximum atomic E-state index is 3.03. The standard InChI is InChI=1S/C4H7N/c1-3-4(2)5-3/h5H,1-2H3. The molecular weight excluding hydrogens is 62.1 g/mol. The highest BCUT2D eigenvalue weighted by Gasteiger charge is 2.05. The summed E-state index contributed by atoms with van der Waals surface area (Å²) in [6.07, 6.45) is 0. The van der Waals surface area contributed by atoms with Gasteiger partial charge in [-0.25, -0.2) is 0 Å². The molecule has 1 N–H and O–H groups in total. The molecule has 0 bridgehead atoms. The summed E-state index contributed by atoms with van der Waals surface area (Å²) in [5.41, 5.74) is 2.68. The van der Waals surface area contributed by atoms with Gasteiger partial charge < -0.3 is 5.32 Å². The van der Waals surface area contributed by atoms with Crippen LogP contribution in [0.3, 0.4) is 0 Å². The highest BCUT2D eigenvalue weighted by atomic mass is 15.0. The molecule has 1 aliphatic heterocycles. The molecule has 0 aromatic carbocycles. The van der Waals surface area contributed by atoms with E-state index in [1.807, 2.05) is 0 Å². The van der Waals surface area contributed by atoms with Crippen LogP contribution in [-0.4, -0.2) is 0 Å². The number of hydrogen-bond donors (Lipinski definition) is 1. The Labute approximate surface area is 31.7 Å². The Kier molecular flexibility index (Phi) is 0.295. The van der Waals surface area contributed by atoms with Gasteiger partial charge in [0.05, 0.1) is 0 Å². The topological polar surface area (TPSA) is 21.9 Å². The first kappa shape index (κ1) is 2.76. The average molecular weight is 69.1 g/mol. The van der Waals surface area contributed by atoms with Crippen molar-refractivity contribution >= 4 is 0 Å². The summed E-state index contributed by atoms with van der Waals surface area (Å²) in [6, 6.07) is 0. The molecule has 0 saturated carbocycles. The lowest BCUT2D eigenvalue weighted by molar-refractivity contribution is 1.25. The molecule has 0 aromatic rings. The molecule has 0 aromatic heterocycles. The molecule has 0 aliphatic carbocycles. The fraction of sp³-hybridized carbons (Fsp3) is 0.500. The lowest BCUT2D eigenvalue weighted by atomic mass is 10.6. The second-order valence-electron chi connectivity index (χ2n) is 1.38. The van der Waals surface area contributed by atoms with E-state index < -0.39 is 0 Å². The average Bonchev–Trinajstić information content (AvgIpc) is 1.79. The van der Waals surface area contributed by atoms with E-state index in [0.29, 0.717) is 0 Å². The zero-order valence-electron chi connectivity index (χ0n) is 3.50. The molecule has 1 aliphatic rings. The number of allylic oxidation sites excluding steroid dienone is 2. The first-order chi connectivity index (χ1) is 2.30. The summed E-state index contributed by atoms with van der Waals surface area (Å²) >= 11 is 0. The zero-order chi connectivity index (χ0) is 3.86. The molecule has 0 radical (unpaired) electrons. The molecule has 0 spiro atoms. The first-order valence-electron chi connectivity index (χ1n) is 1.75. The van der Waals surface area contributed by atoms with Crippen molar-refractivity contribution in [2.45, 2.75) is 13.8 Å². The van der Waals surface area contributed by atoms with Gasteiger partial charge in [0, 0.05) is 11.4 Å². The molecule has 1 rings (SSSR count). The minimum Gasteiger partial charge on any atom is -0.360 e. The van der Waals surface area contributed by atoms with Crippen LogP contribution < -0.4 is 5.32 Å². The third-order valence-corrected chi connectivity index (χ3v) is 0.875. The molecule has 0 unspecified atom stereocenters. The molecule has 0 saturated heterocycles. The van der Waals surface area contributed by atoms with Crippen LogP contribution in [0.2, 0.25) is 0 Å². The van der Waals surface area contributed by atoms with Gasteiger partial charge in [0.1, 0.15) is 0 Å². The molecular formula is C4H7N. The highest BCUT2D eigenvalue weighted by molar-refractivity contribution is 5.24. The summed E-state index contributed by atoms with van der Waals surface area (Å²) < 4.78 is 0. The van der Waals surface area contributed by atoms with E-state index in [0.717, 1.165) is 0 Å². The summed E-state index contributed by atoms with van der Waals surface area (Å²) in [6.45, 7) is 4.13. The van der Waals surface area contributed by atoms with Gasteiger partial charge in [0.25, 0.3) is 0 Å². The van der Waals surface area contributed by atoms with Gasteiger partial charge in [-0.05, 0) is 13.8 Å². The van der Waals surface area contributed by atoms with E-state index in [-0.39, 0.29) is 0 Å². The Morgan fingerprint density at radius 2 is 1.40 bits per heavy atom. The first-order valence-corrected chi connectivity index (χ1v) is 1.75. The molecule has 1 heteroatoms. The smallest absolute Gasteiger partial charge is 0.0310 e. The lowest BCUT2D eigenvalue weighted by Crippen LogP contribution is -1.70. The molecule has 28 valence electrons. The van der Waals surface area contributed by atoms with E-state index >= 15 is 0 Å². The van der Waals surface area contributed by atoms with Gasteiger partial charge in [-0.2, -0.15) is 0 Å². The zero-order valence-corrected chi connectivity index (χ0v) is 3.50. The van der Waals surface area contributed by atoms with E-state index in [4.69, 9.17) is 0 Å². The summed E-state index contributed by atoms with van der Waals surface area (Å²) in [4.78, 5) is 0. The van der Waals surface area contributed by atoms with Crippen molar-refractivity contribution < 1.29 is 0 Å². The number of hydrogen-bond acceptors (Lipinski definition) is 1. The van der Waals surface area contributed by atoms with Gasteiger partial charge >= 0.3 is 0 Å². The van der Waals surface area contributed by atoms with Gasteiger partial charge in [-0.3, -0.25) is 0 Å².